The fourth-order valence-corrected chi connectivity index (χ4v) is 7.15. The molecule has 1 aromatic rings. The van der Waals surface area contributed by atoms with Gasteiger partial charge in [0.1, 0.15) is 0 Å². The topological polar surface area (TPSA) is 40.6 Å². The highest BCUT2D eigenvalue weighted by Crippen LogP contribution is 2.45. The monoisotopic (exact) mass is 428 g/mol. The van der Waals surface area contributed by atoms with E-state index in [4.69, 9.17) is 0 Å². The Morgan fingerprint density at radius 1 is 1.10 bits per heavy atom. The van der Waals surface area contributed by atoms with Crippen LogP contribution in [-0.2, 0) is 9.59 Å². The Morgan fingerprint density at radius 2 is 1.80 bits per heavy atom. The van der Waals surface area contributed by atoms with Crippen molar-refractivity contribution in [2.45, 2.75) is 75.5 Å². The lowest BCUT2D eigenvalue weighted by Crippen LogP contribution is -2.54. The maximum atomic E-state index is 13.2. The molecule has 2 amide bonds. The summed E-state index contributed by atoms with van der Waals surface area (Å²) in [5.41, 5.74) is 1.12. The molecule has 1 aliphatic carbocycles. The first-order valence-corrected chi connectivity index (χ1v) is 12.9. The molecule has 4 nitrogen and oxygen atoms in total. The van der Waals surface area contributed by atoms with E-state index in [9.17, 15) is 9.59 Å². The molecule has 1 spiro atoms. The zero-order chi connectivity index (χ0) is 21.0. The van der Waals surface area contributed by atoms with Crippen molar-refractivity contribution in [2.75, 3.05) is 25.4 Å². The molecule has 1 unspecified atom stereocenters. The maximum absolute atomic E-state index is 13.2. The Balaban J connectivity index is 1.35. The van der Waals surface area contributed by atoms with Gasteiger partial charge < -0.3 is 9.80 Å². The maximum Gasteiger partial charge on any atom is 0.230 e. The average molecular weight is 429 g/mol. The van der Waals surface area contributed by atoms with Crippen LogP contribution in [0.2, 0.25) is 0 Å². The minimum Gasteiger partial charge on any atom is -0.342 e. The number of carbonyl (C=O) groups is 2. The first-order chi connectivity index (χ1) is 14.6. The van der Waals surface area contributed by atoms with Crippen LogP contribution in [0.15, 0.2) is 30.3 Å². The predicted molar refractivity (Wildman–Crippen MR) is 123 cm³/mol. The smallest absolute Gasteiger partial charge is 0.230 e. The Bertz CT molecular complexity index is 724. The number of rotatable bonds is 6. The summed E-state index contributed by atoms with van der Waals surface area (Å²) < 4.78 is 0. The lowest BCUT2D eigenvalue weighted by molar-refractivity contribution is -0.138. The molecule has 4 rings (SSSR count). The molecule has 1 saturated carbocycles. The van der Waals surface area contributed by atoms with Crippen LogP contribution in [-0.4, -0.2) is 51.9 Å². The summed E-state index contributed by atoms with van der Waals surface area (Å²) in [5.74, 6) is 2.34. The minimum atomic E-state index is -0.0714. The largest absolute Gasteiger partial charge is 0.342 e. The Labute approximate surface area is 185 Å². The van der Waals surface area contributed by atoms with Crippen molar-refractivity contribution in [3.63, 3.8) is 0 Å². The zero-order valence-electron chi connectivity index (χ0n) is 18.4. The molecule has 164 valence electrons. The van der Waals surface area contributed by atoms with E-state index in [0.29, 0.717) is 12.3 Å². The van der Waals surface area contributed by atoms with Gasteiger partial charge in [-0.2, -0.15) is 0 Å². The second-order valence-electron chi connectivity index (χ2n) is 9.23. The standard InChI is InChI=1S/C25H36N2O2S/c1-2-22(21-10-4-3-5-11-21)24(29)26-16-14-25(15-17-26)27(18-19-30-25)23(28)13-12-20-8-6-7-9-20/h3-5,10-11,20,22H,2,6-9,12-19H2,1H3. The Hall–Kier alpha value is -1.49. The number of carbonyl (C=O) groups excluding carboxylic acids is 2. The summed E-state index contributed by atoms with van der Waals surface area (Å²) in [6.45, 7) is 4.51. The van der Waals surface area contributed by atoms with E-state index in [-0.39, 0.29) is 16.7 Å². The fourth-order valence-electron chi connectivity index (χ4n) is 5.67. The van der Waals surface area contributed by atoms with Crippen molar-refractivity contribution in [1.82, 2.24) is 9.80 Å². The fraction of sp³-hybridized carbons (Fsp3) is 0.680. The van der Waals surface area contributed by atoms with Crippen LogP contribution >= 0.6 is 11.8 Å². The second kappa shape index (κ2) is 9.76. The molecule has 30 heavy (non-hydrogen) atoms. The second-order valence-corrected chi connectivity index (χ2v) is 10.7. The molecule has 2 heterocycles. The molecule has 1 atom stereocenters. The van der Waals surface area contributed by atoms with Gasteiger partial charge in [0.05, 0.1) is 10.8 Å². The third-order valence-corrected chi connectivity index (χ3v) is 9.04. The molecule has 2 saturated heterocycles. The van der Waals surface area contributed by atoms with E-state index in [1.165, 1.54) is 25.7 Å². The Morgan fingerprint density at radius 3 is 2.47 bits per heavy atom. The highest BCUT2D eigenvalue weighted by molar-refractivity contribution is 8.00. The van der Waals surface area contributed by atoms with Gasteiger partial charge in [-0.25, -0.2) is 0 Å². The van der Waals surface area contributed by atoms with E-state index >= 15 is 0 Å². The zero-order valence-corrected chi connectivity index (χ0v) is 19.2. The normalized spacial score (nSPS) is 22.6. The summed E-state index contributed by atoms with van der Waals surface area (Å²) in [7, 11) is 0. The van der Waals surface area contributed by atoms with Gasteiger partial charge in [-0.15, -0.1) is 11.8 Å². The number of thioether (sulfide) groups is 1. The van der Waals surface area contributed by atoms with E-state index < -0.39 is 0 Å². The third-order valence-electron chi connectivity index (χ3n) is 7.48. The molecule has 5 heteroatoms. The number of likely N-dealkylation sites (tertiary alicyclic amines) is 1. The van der Waals surface area contributed by atoms with Crippen LogP contribution in [0.4, 0.5) is 0 Å². The van der Waals surface area contributed by atoms with E-state index in [1.54, 1.807) is 0 Å². The van der Waals surface area contributed by atoms with Crippen LogP contribution < -0.4 is 0 Å². The lowest BCUT2D eigenvalue weighted by Gasteiger charge is -2.44. The molecule has 3 aliphatic rings. The highest BCUT2D eigenvalue weighted by atomic mass is 32.2. The molecular weight excluding hydrogens is 392 g/mol. The van der Waals surface area contributed by atoms with Crippen LogP contribution in [0.5, 0.6) is 0 Å². The molecule has 0 aromatic heterocycles. The van der Waals surface area contributed by atoms with Crippen molar-refractivity contribution >= 4 is 23.6 Å². The van der Waals surface area contributed by atoms with Crippen molar-refractivity contribution in [2.24, 2.45) is 5.92 Å². The molecule has 0 bridgehead atoms. The van der Waals surface area contributed by atoms with Gasteiger partial charge in [-0.05, 0) is 37.2 Å². The van der Waals surface area contributed by atoms with Crippen LogP contribution in [0.25, 0.3) is 0 Å². The summed E-state index contributed by atoms with van der Waals surface area (Å²) >= 11 is 1.95. The van der Waals surface area contributed by atoms with Crippen molar-refractivity contribution in [3.8, 4) is 0 Å². The molecular formula is C25H36N2O2S. The lowest BCUT2D eigenvalue weighted by atomic mass is 9.93. The number of hydrogen-bond acceptors (Lipinski definition) is 3. The van der Waals surface area contributed by atoms with E-state index in [1.807, 2.05) is 34.9 Å². The highest BCUT2D eigenvalue weighted by Gasteiger charge is 2.47. The van der Waals surface area contributed by atoms with Crippen LogP contribution in [0.1, 0.15) is 76.2 Å². The number of benzene rings is 1. The third kappa shape index (κ3) is 4.56. The van der Waals surface area contributed by atoms with Crippen molar-refractivity contribution in [3.05, 3.63) is 35.9 Å². The van der Waals surface area contributed by atoms with Crippen LogP contribution in [0.3, 0.4) is 0 Å². The summed E-state index contributed by atoms with van der Waals surface area (Å²) in [6, 6.07) is 10.2. The molecule has 3 fully saturated rings. The van der Waals surface area contributed by atoms with Crippen LogP contribution in [0, 0.1) is 5.92 Å². The van der Waals surface area contributed by atoms with Gasteiger partial charge >= 0.3 is 0 Å². The molecule has 2 aliphatic heterocycles. The van der Waals surface area contributed by atoms with E-state index in [2.05, 4.69) is 24.0 Å². The minimum absolute atomic E-state index is 0.0550. The first kappa shape index (κ1) is 21.7. The number of nitrogens with zero attached hydrogens (tertiary/aromatic N) is 2. The SMILES string of the molecule is CCC(C(=O)N1CCC2(CC1)SCCN2C(=O)CCC1CCCC1)c1ccccc1. The summed E-state index contributed by atoms with van der Waals surface area (Å²) in [6.07, 6.45) is 9.71. The predicted octanol–water partition coefficient (Wildman–Crippen LogP) is 5.04. The summed E-state index contributed by atoms with van der Waals surface area (Å²) in [5, 5.41) is 0. The molecule has 0 radical (unpaired) electrons. The van der Waals surface area contributed by atoms with Gasteiger partial charge in [0.15, 0.2) is 0 Å². The van der Waals surface area contributed by atoms with Crippen molar-refractivity contribution < 1.29 is 9.59 Å². The number of hydrogen-bond donors (Lipinski definition) is 0. The van der Waals surface area contributed by atoms with Gasteiger partial charge in [-0.1, -0.05) is 62.9 Å². The number of piperidine rings is 1. The summed E-state index contributed by atoms with van der Waals surface area (Å²) in [4.78, 5) is 30.5. The van der Waals surface area contributed by atoms with E-state index in [0.717, 1.165) is 62.6 Å². The van der Waals surface area contributed by atoms with Gasteiger partial charge in [-0.3, -0.25) is 9.59 Å². The van der Waals surface area contributed by atoms with Gasteiger partial charge in [0, 0.05) is 31.8 Å². The first-order valence-electron chi connectivity index (χ1n) is 11.9. The molecule has 0 N–H and O–H groups in total. The quantitative estimate of drug-likeness (QED) is 0.637. The van der Waals surface area contributed by atoms with Gasteiger partial charge in [0.2, 0.25) is 11.8 Å². The number of amides is 2. The van der Waals surface area contributed by atoms with Gasteiger partial charge in [0.25, 0.3) is 0 Å². The molecule has 1 aromatic carbocycles. The average Bonchev–Trinajstić information content (AvgIpc) is 3.44. The Kier molecular flexibility index (Phi) is 7.07. The van der Waals surface area contributed by atoms with Crippen molar-refractivity contribution in [1.29, 1.82) is 0 Å².